The van der Waals surface area contributed by atoms with Gasteiger partial charge in [0.1, 0.15) is 19.8 Å². The predicted octanol–water partition coefficient (Wildman–Crippen LogP) is 12.5. The molecule has 0 fully saturated rings. The Labute approximate surface area is 345 Å². The number of quaternary nitrogens is 1. The second-order valence-corrected chi connectivity index (χ2v) is 18.2. The summed E-state index contributed by atoms with van der Waals surface area (Å²) in [6.07, 6.45) is 42.0. The molecule has 0 amide bonds. The molecule has 2 unspecified atom stereocenters. The summed E-state index contributed by atoms with van der Waals surface area (Å²) in [7, 11) is 1.16. The third-order valence-corrected chi connectivity index (χ3v) is 10.9. The Morgan fingerprint density at radius 1 is 0.536 bits per heavy atom. The number of rotatable bonds is 42. The maximum atomic E-state index is 12.7. The number of carbonyl (C=O) groups excluding carboxylic acids is 2. The van der Waals surface area contributed by atoms with Crippen LogP contribution in [0.1, 0.15) is 206 Å². The Hall–Kier alpha value is -1.51. The zero-order valence-electron chi connectivity index (χ0n) is 37.1. The minimum Gasteiger partial charge on any atom is -0.756 e. The smallest absolute Gasteiger partial charge is 0.306 e. The molecule has 0 aromatic rings. The number of allylic oxidation sites excluding steroid dienone is 4. The molecule has 0 bridgehead atoms. The quantitative estimate of drug-likeness (QED) is 0.0197. The molecule has 0 aliphatic carbocycles. The van der Waals surface area contributed by atoms with Crippen molar-refractivity contribution in [2.24, 2.45) is 0 Å². The van der Waals surface area contributed by atoms with Crippen LogP contribution in [0.25, 0.3) is 0 Å². The third kappa shape index (κ3) is 42.1. The first-order chi connectivity index (χ1) is 27.0. The van der Waals surface area contributed by atoms with Gasteiger partial charge in [-0.2, -0.15) is 0 Å². The molecule has 330 valence electrons. The highest BCUT2D eigenvalue weighted by atomic mass is 31.2. The van der Waals surface area contributed by atoms with E-state index in [4.69, 9.17) is 18.5 Å². The van der Waals surface area contributed by atoms with Crippen LogP contribution in [-0.4, -0.2) is 70.0 Å². The van der Waals surface area contributed by atoms with Crippen LogP contribution in [0.5, 0.6) is 0 Å². The molecular weight excluding hydrogens is 725 g/mol. The van der Waals surface area contributed by atoms with Gasteiger partial charge in [-0.3, -0.25) is 14.2 Å². The highest BCUT2D eigenvalue weighted by Crippen LogP contribution is 2.38. The van der Waals surface area contributed by atoms with E-state index in [0.717, 1.165) is 57.8 Å². The summed E-state index contributed by atoms with van der Waals surface area (Å²) in [6.45, 7) is 4.22. The van der Waals surface area contributed by atoms with Crippen LogP contribution in [0.15, 0.2) is 24.3 Å². The lowest BCUT2D eigenvalue weighted by molar-refractivity contribution is -0.870. The number of hydrogen-bond donors (Lipinski definition) is 0. The maximum Gasteiger partial charge on any atom is 0.306 e. The van der Waals surface area contributed by atoms with E-state index >= 15 is 0 Å². The summed E-state index contributed by atoms with van der Waals surface area (Å²) in [5, 5.41) is 0. The molecule has 2 atom stereocenters. The second kappa shape index (κ2) is 39.0. The maximum absolute atomic E-state index is 12.7. The normalized spacial score (nSPS) is 13.8. The molecule has 0 radical (unpaired) electrons. The van der Waals surface area contributed by atoms with Gasteiger partial charge in [0.15, 0.2) is 6.10 Å². The number of hydrogen-bond acceptors (Lipinski definition) is 8. The van der Waals surface area contributed by atoms with Gasteiger partial charge in [0, 0.05) is 12.8 Å². The summed E-state index contributed by atoms with van der Waals surface area (Å²) in [5.41, 5.74) is 0. The number of nitrogens with zero attached hydrogens (tertiary/aromatic N) is 1. The largest absolute Gasteiger partial charge is 0.756 e. The number of likely N-dealkylation sites (N-methyl/N-ethyl adjacent to an activating group) is 1. The van der Waals surface area contributed by atoms with Gasteiger partial charge in [-0.05, 0) is 64.2 Å². The van der Waals surface area contributed by atoms with Gasteiger partial charge in [0.05, 0.1) is 27.7 Å². The molecule has 0 saturated carbocycles. The van der Waals surface area contributed by atoms with Crippen LogP contribution in [0.3, 0.4) is 0 Å². The van der Waals surface area contributed by atoms with Gasteiger partial charge in [0.25, 0.3) is 7.82 Å². The summed E-state index contributed by atoms with van der Waals surface area (Å²) < 4.78 is 33.9. The summed E-state index contributed by atoms with van der Waals surface area (Å²) in [4.78, 5) is 37.6. The van der Waals surface area contributed by atoms with Crippen molar-refractivity contribution >= 4 is 19.8 Å². The zero-order valence-corrected chi connectivity index (χ0v) is 38.0. The highest BCUT2D eigenvalue weighted by Gasteiger charge is 2.21. The number of phosphoric acid groups is 1. The first kappa shape index (κ1) is 54.5. The average Bonchev–Trinajstić information content (AvgIpc) is 3.15. The molecule has 0 aromatic carbocycles. The molecule has 0 spiro atoms. The van der Waals surface area contributed by atoms with E-state index in [0.29, 0.717) is 17.4 Å². The number of ether oxygens (including phenoxy) is 2. The Kier molecular flexibility index (Phi) is 37.9. The molecule has 10 heteroatoms. The summed E-state index contributed by atoms with van der Waals surface area (Å²) >= 11 is 0. The predicted molar refractivity (Wildman–Crippen MR) is 231 cm³/mol. The van der Waals surface area contributed by atoms with Crippen LogP contribution in [0.4, 0.5) is 0 Å². The fraction of sp³-hybridized carbons (Fsp3) is 0.870. The Bertz CT molecular complexity index is 1010. The van der Waals surface area contributed by atoms with Crippen LogP contribution < -0.4 is 4.89 Å². The van der Waals surface area contributed by atoms with E-state index in [2.05, 4.69) is 38.2 Å². The van der Waals surface area contributed by atoms with Crippen molar-refractivity contribution in [3.63, 3.8) is 0 Å². The fourth-order valence-electron chi connectivity index (χ4n) is 6.29. The SMILES string of the molecule is CCCCCCCC/C=C\CCCCCCCCC(=O)OCC(COP(=O)([O-])OCC[N+](C)(C)C)OC(=O)CCCCCCCC/C=C\CCCCCCCC. The molecule has 9 nitrogen and oxygen atoms in total. The second-order valence-electron chi connectivity index (χ2n) is 16.8. The minimum atomic E-state index is -4.63. The lowest BCUT2D eigenvalue weighted by Crippen LogP contribution is -2.37. The fourth-order valence-corrected chi connectivity index (χ4v) is 7.02. The lowest BCUT2D eigenvalue weighted by atomic mass is 10.1. The molecule has 0 saturated heterocycles. The van der Waals surface area contributed by atoms with E-state index in [9.17, 15) is 19.0 Å². The Morgan fingerprint density at radius 2 is 0.911 bits per heavy atom. The molecule has 0 aromatic heterocycles. The van der Waals surface area contributed by atoms with Gasteiger partial charge in [-0.25, -0.2) is 0 Å². The number of phosphoric ester groups is 1. The zero-order chi connectivity index (χ0) is 41.4. The van der Waals surface area contributed by atoms with Crippen LogP contribution in [-0.2, 0) is 32.7 Å². The van der Waals surface area contributed by atoms with Crippen LogP contribution >= 0.6 is 7.82 Å². The van der Waals surface area contributed by atoms with Crippen molar-refractivity contribution < 1.29 is 42.1 Å². The van der Waals surface area contributed by atoms with E-state index in [1.807, 2.05) is 21.1 Å². The topological polar surface area (TPSA) is 111 Å². The average molecular weight is 814 g/mol. The highest BCUT2D eigenvalue weighted by molar-refractivity contribution is 7.45. The summed E-state index contributed by atoms with van der Waals surface area (Å²) in [5.74, 6) is -0.843. The van der Waals surface area contributed by atoms with Gasteiger partial charge >= 0.3 is 11.9 Å². The van der Waals surface area contributed by atoms with Gasteiger partial charge in [-0.1, -0.05) is 154 Å². The number of esters is 2. The molecule has 0 heterocycles. The molecule has 0 aliphatic rings. The van der Waals surface area contributed by atoms with E-state index < -0.39 is 26.5 Å². The van der Waals surface area contributed by atoms with Crippen molar-refractivity contribution in [3.05, 3.63) is 24.3 Å². The molecular formula is C46H88NO8P. The van der Waals surface area contributed by atoms with Gasteiger partial charge in [0.2, 0.25) is 0 Å². The molecule has 0 rings (SSSR count). The van der Waals surface area contributed by atoms with Crippen molar-refractivity contribution in [3.8, 4) is 0 Å². The lowest BCUT2D eigenvalue weighted by Gasteiger charge is -2.28. The first-order valence-electron chi connectivity index (χ1n) is 23.0. The molecule has 56 heavy (non-hydrogen) atoms. The Balaban J connectivity index is 4.34. The van der Waals surface area contributed by atoms with E-state index in [-0.39, 0.29) is 32.0 Å². The van der Waals surface area contributed by atoms with E-state index in [1.54, 1.807) is 0 Å². The van der Waals surface area contributed by atoms with Crippen LogP contribution in [0, 0.1) is 0 Å². The number of unbranched alkanes of at least 4 members (excludes halogenated alkanes) is 24. The van der Waals surface area contributed by atoms with Crippen LogP contribution in [0.2, 0.25) is 0 Å². The van der Waals surface area contributed by atoms with Crippen molar-refractivity contribution in [2.45, 2.75) is 213 Å². The Morgan fingerprint density at radius 3 is 1.32 bits per heavy atom. The van der Waals surface area contributed by atoms with Crippen molar-refractivity contribution in [1.82, 2.24) is 0 Å². The molecule has 0 N–H and O–H groups in total. The van der Waals surface area contributed by atoms with Gasteiger partial charge < -0.3 is 27.9 Å². The summed E-state index contributed by atoms with van der Waals surface area (Å²) in [6, 6.07) is 0. The third-order valence-electron chi connectivity index (χ3n) is 9.94. The minimum absolute atomic E-state index is 0.0317. The van der Waals surface area contributed by atoms with E-state index in [1.165, 1.54) is 116 Å². The standard InChI is InChI=1S/C46H88NO8P/c1-6-8-10-12-14-16-18-20-22-24-26-28-30-32-34-36-38-45(48)52-42-44(43-54-56(50,51)53-41-40-47(3,4)5)55-46(49)39-37-35-33-31-29-27-25-23-21-19-17-15-13-11-9-7-2/h20-23,44H,6-19,24-43H2,1-5H3/b22-20-,23-21-. The van der Waals surface area contributed by atoms with Crippen molar-refractivity contribution in [1.29, 1.82) is 0 Å². The monoisotopic (exact) mass is 814 g/mol. The first-order valence-corrected chi connectivity index (χ1v) is 24.5. The van der Waals surface area contributed by atoms with Crippen molar-refractivity contribution in [2.75, 3.05) is 47.5 Å². The number of carbonyl (C=O) groups is 2. The molecule has 0 aliphatic heterocycles. The van der Waals surface area contributed by atoms with Gasteiger partial charge in [-0.15, -0.1) is 0 Å².